The van der Waals surface area contributed by atoms with E-state index in [1.165, 1.54) is 31.2 Å². The van der Waals surface area contributed by atoms with Gasteiger partial charge in [0.1, 0.15) is 0 Å². The molecule has 1 N–H and O–H groups in total. The molecule has 0 bridgehead atoms. The molecular weight excluding hydrogens is 194 g/mol. The van der Waals surface area contributed by atoms with E-state index in [1.807, 2.05) is 0 Å². The molecule has 0 radical (unpaired) electrons. The molecular formula is C15H21N. The fourth-order valence-electron chi connectivity index (χ4n) is 3.70. The molecule has 1 aromatic rings. The number of nitrogens with one attached hydrogen (secondary N) is 1. The average molecular weight is 215 g/mol. The molecule has 1 atom stereocenters. The quantitative estimate of drug-likeness (QED) is 0.799. The molecule has 3 rings (SSSR count). The second-order valence-electron chi connectivity index (χ2n) is 5.68. The van der Waals surface area contributed by atoms with Crippen LogP contribution in [0.2, 0.25) is 0 Å². The van der Waals surface area contributed by atoms with E-state index in [0.717, 1.165) is 12.5 Å². The van der Waals surface area contributed by atoms with Crippen LogP contribution >= 0.6 is 0 Å². The zero-order chi connectivity index (χ0) is 11.2. The average Bonchev–Trinajstić information content (AvgIpc) is 2.53. The fraction of sp³-hybridized carbons (Fsp3) is 0.600. The predicted octanol–water partition coefficient (Wildman–Crippen LogP) is 3.12. The molecule has 86 valence electrons. The summed E-state index contributed by atoms with van der Waals surface area (Å²) in [5, 5.41) is 3.36. The third kappa shape index (κ3) is 1.34. The Morgan fingerprint density at radius 3 is 2.81 bits per heavy atom. The first-order valence-corrected chi connectivity index (χ1v) is 6.51. The van der Waals surface area contributed by atoms with Crippen LogP contribution in [-0.4, -0.2) is 13.6 Å². The van der Waals surface area contributed by atoms with E-state index in [9.17, 15) is 0 Å². The highest BCUT2D eigenvalue weighted by atomic mass is 14.8. The Morgan fingerprint density at radius 1 is 1.38 bits per heavy atom. The van der Waals surface area contributed by atoms with Gasteiger partial charge in [-0.3, -0.25) is 0 Å². The van der Waals surface area contributed by atoms with Gasteiger partial charge in [0.2, 0.25) is 0 Å². The van der Waals surface area contributed by atoms with Crippen molar-refractivity contribution in [1.29, 1.82) is 0 Å². The van der Waals surface area contributed by atoms with Gasteiger partial charge in [0.15, 0.2) is 0 Å². The summed E-state index contributed by atoms with van der Waals surface area (Å²) in [6, 6.07) is 7.12. The Labute approximate surface area is 98.3 Å². The Morgan fingerprint density at radius 2 is 2.19 bits per heavy atom. The van der Waals surface area contributed by atoms with Crippen LogP contribution in [0.5, 0.6) is 0 Å². The Kier molecular flexibility index (Phi) is 2.32. The molecule has 1 aromatic carbocycles. The maximum Gasteiger partial charge on any atom is 0.00175 e. The van der Waals surface area contributed by atoms with Crippen molar-refractivity contribution in [3.05, 3.63) is 34.9 Å². The van der Waals surface area contributed by atoms with Crippen LogP contribution in [0.4, 0.5) is 0 Å². The molecule has 0 heterocycles. The number of aryl methyl sites for hydroxylation is 1. The van der Waals surface area contributed by atoms with Crippen molar-refractivity contribution in [2.75, 3.05) is 13.6 Å². The minimum absolute atomic E-state index is 0.574. The number of fused-ring (bicyclic) bond motifs is 2. The van der Waals surface area contributed by atoms with E-state index in [4.69, 9.17) is 0 Å². The topological polar surface area (TPSA) is 12.0 Å². The molecule has 1 spiro atoms. The van der Waals surface area contributed by atoms with Crippen LogP contribution in [-0.2, 0) is 5.41 Å². The Hall–Kier alpha value is -0.820. The summed E-state index contributed by atoms with van der Waals surface area (Å²) in [6.07, 6.45) is 5.65. The highest BCUT2D eigenvalue weighted by Crippen LogP contribution is 2.56. The molecule has 2 aliphatic rings. The zero-order valence-electron chi connectivity index (χ0n) is 10.3. The normalized spacial score (nSPS) is 25.5. The van der Waals surface area contributed by atoms with E-state index < -0.39 is 0 Å². The second kappa shape index (κ2) is 3.59. The summed E-state index contributed by atoms with van der Waals surface area (Å²) in [5.74, 6) is 0.750. The molecule has 0 amide bonds. The summed E-state index contributed by atoms with van der Waals surface area (Å²) in [6.45, 7) is 3.35. The minimum Gasteiger partial charge on any atom is -0.319 e. The van der Waals surface area contributed by atoms with Gasteiger partial charge in [0.05, 0.1) is 0 Å². The Balaban J connectivity index is 2.03. The number of rotatable bonds is 2. The van der Waals surface area contributed by atoms with Crippen LogP contribution in [0.3, 0.4) is 0 Å². The monoisotopic (exact) mass is 215 g/mol. The standard InChI is InChI=1S/C15H21N/c1-11-4-5-14-13(8-11)12(10-16-2)9-15(14)6-3-7-15/h4-5,8,12,16H,3,6-7,9-10H2,1-2H3. The van der Waals surface area contributed by atoms with Crippen molar-refractivity contribution in [3.8, 4) is 0 Å². The van der Waals surface area contributed by atoms with Gasteiger partial charge in [0.25, 0.3) is 0 Å². The first kappa shape index (κ1) is 10.3. The van der Waals surface area contributed by atoms with E-state index in [1.54, 1.807) is 11.1 Å². The van der Waals surface area contributed by atoms with Crippen LogP contribution in [0.15, 0.2) is 18.2 Å². The lowest BCUT2D eigenvalue weighted by molar-refractivity contribution is 0.232. The van der Waals surface area contributed by atoms with E-state index in [-0.39, 0.29) is 0 Å². The first-order valence-electron chi connectivity index (χ1n) is 6.51. The van der Waals surface area contributed by atoms with Crippen molar-refractivity contribution >= 4 is 0 Å². The minimum atomic E-state index is 0.574. The van der Waals surface area contributed by atoms with Gasteiger partial charge in [-0.15, -0.1) is 0 Å². The second-order valence-corrected chi connectivity index (χ2v) is 5.68. The number of hydrogen-bond donors (Lipinski definition) is 1. The molecule has 2 aliphatic carbocycles. The van der Waals surface area contributed by atoms with Gasteiger partial charge in [-0.05, 0) is 55.7 Å². The van der Waals surface area contributed by atoms with Gasteiger partial charge in [-0.2, -0.15) is 0 Å². The SMILES string of the molecule is CNCC1CC2(CCC2)c2ccc(C)cc21. The van der Waals surface area contributed by atoms with E-state index >= 15 is 0 Å². The molecule has 0 saturated heterocycles. The Bertz CT molecular complexity index is 404. The van der Waals surface area contributed by atoms with Gasteiger partial charge in [-0.1, -0.05) is 30.2 Å². The molecule has 1 heteroatoms. The lowest BCUT2D eigenvalue weighted by Gasteiger charge is -2.39. The smallest absolute Gasteiger partial charge is 0.00175 e. The maximum atomic E-state index is 3.36. The summed E-state index contributed by atoms with van der Waals surface area (Å²) in [7, 11) is 2.07. The largest absolute Gasteiger partial charge is 0.319 e. The summed E-state index contributed by atoms with van der Waals surface area (Å²) in [4.78, 5) is 0. The molecule has 1 unspecified atom stereocenters. The summed E-state index contributed by atoms with van der Waals surface area (Å²) in [5.41, 5.74) is 5.29. The van der Waals surface area contributed by atoms with E-state index in [2.05, 4.69) is 37.5 Å². The highest BCUT2D eigenvalue weighted by molar-refractivity contribution is 5.46. The van der Waals surface area contributed by atoms with Gasteiger partial charge in [0, 0.05) is 6.54 Å². The van der Waals surface area contributed by atoms with Gasteiger partial charge in [-0.25, -0.2) is 0 Å². The first-order chi connectivity index (χ1) is 7.75. The van der Waals surface area contributed by atoms with Gasteiger partial charge < -0.3 is 5.32 Å². The van der Waals surface area contributed by atoms with Crippen LogP contribution in [0, 0.1) is 6.92 Å². The van der Waals surface area contributed by atoms with Crippen LogP contribution in [0.25, 0.3) is 0 Å². The lowest BCUT2D eigenvalue weighted by atomic mass is 9.65. The zero-order valence-corrected chi connectivity index (χ0v) is 10.3. The van der Waals surface area contributed by atoms with Crippen LogP contribution < -0.4 is 5.32 Å². The predicted molar refractivity (Wildman–Crippen MR) is 68.0 cm³/mol. The lowest BCUT2D eigenvalue weighted by Crippen LogP contribution is -2.32. The maximum absolute atomic E-state index is 3.36. The van der Waals surface area contributed by atoms with E-state index in [0.29, 0.717) is 5.41 Å². The van der Waals surface area contributed by atoms with Crippen molar-refractivity contribution in [2.24, 2.45) is 0 Å². The molecule has 1 fully saturated rings. The van der Waals surface area contributed by atoms with Crippen molar-refractivity contribution < 1.29 is 0 Å². The third-order valence-corrected chi connectivity index (χ3v) is 4.62. The molecule has 1 nitrogen and oxygen atoms in total. The molecule has 16 heavy (non-hydrogen) atoms. The van der Waals surface area contributed by atoms with Crippen molar-refractivity contribution in [1.82, 2.24) is 5.32 Å². The fourth-order valence-corrected chi connectivity index (χ4v) is 3.70. The molecule has 0 aromatic heterocycles. The van der Waals surface area contributed by atoms with Crippen molar-refractivity contribution in [3.63, 3.8) is 0 Å². The molecule has 1 saturated carbocycles. The third-order valence-electron chi connectivity index (χ3n) is 4.62. The van der Waals surface area contributed by atoms with Crippen molar-refractivity contribution in [2.45, 2.75) is 43.9 Å². The number of benzene rings is 1. The summed E-state index contributed by atoms with van der Waals surface area (Å²) < 4.78 is 0. The van der Waals surface area contributed by atoms with Crippen LogP contribution in [0.1, 0.15) is 48.3 Å². The highest BCUT2D eigenvalue weighted by Gasteiger charge is 2.46. The number of likely N-dealkylation sites (N-methyl/N-ethyl adjacent to an activating group) is 1. The van der Waals surface area contributed by atoms with Gasteiger partial charge >= 0.3 is 0 Å². The summed E-state index contributed by atoms with van der Waals surface area (Å²) >= 11 is 0. The number of hydrogen-bond acceptors (Lipinski definition) is 1. The molecule has 0 aliphatic heterocycles.